The number of aromatic nitrogens is 4. The van der Waals surface area contributed by atoms with Crippen molar-refractivity contribution in [2.45, 2.75) is 64.0 Å². The molecule has 2 aromatic carbocycles. The summed E-state index contributed by atoms with van der Waals surface area (Å²) >= 11 is 1.57. The van der Waals surface area contributed by atoms with Crippen LogP contribution >= 0.6 is 11.8 Å². The van der Waals surface area contributed by atoms with E-state index in [-0.39, 0.29) is 17.5 Å². The average molecular weight is 478 g/mol. The molecule has 0 aliphatic rings. The van der Waals surface area contributed by atoms with E-state index in [4.69, 9.17) is 0 Å². The van der Waals surface area contributed by atoms with Crippen LogP contribution in [0.2, 0.25) is 0 Å². The molecule has 1 N–H and O–H groups in total. The third-order valence-electron chi connectivity index (χ3n) is 5.96. The molecule has 0 bridgehead atoms. The Morgan fingerprint density at radius 2 is 1.85 bits per heavy atom. The fourth-order valence-corrected chi connectivity index (χ4v) is 4.63. The molecule has 34 heavy (non-hydrogen) atoms. The van der Waals surface area contributed by atoms with Gasteiger partial charge in [-0.15, -0.1) is 10.2 Å². The highest BCUT2D eigenvalue weighted by molar-refractivity contribution is 7.98. The van der Waals surface area contributed by atoms with Gasteiger partial charge in [-0.3, -0.25) is 18.6 Å². The van der Waals surface area contributed by atoms with Crippen LogP contribution in [0.4, 0.5) is 0 Å². The van der Waals surface area contributed by atoms with Crippen molar-refractivity contribution < 1.29 is 4.79 Å². The van der Waals surface area contributed by atoms with E-state index < -0.39 is 0 Å². The van der Waals surface area contributed by atoms with E-state index >= 15 is 0 Å². The number of nitrogens with one attached hydrogen (secondary N) is 1. The monoisotopic (exact) mass is 477 g/mol. The first-order valence-corrected chi connectivity index (χ1v) is 12.8. The van der Waals surface area contributed by atoms with Gasteiger partial charge in [0.2, 0.25) is 5.78 Å². The first-order valence-electron chi connectivity index (χ1n) is 11.8. The van der Waals surface area contributed by atoms with Crippen LogP contribution in [0.3, 0.4) is 0 Å². The maximum absolute atomic E-state index is 13.4. The zero-order valence-electron chi connectivity index (χ0n) is 20.1. The molecule has 0 fully saturated rings. The maximum Gasteiger partial charge on any atom is 0.262 e. The highest BCUT2D eigenvalue weighted by Gasteiger charge is 2.19. The lowest BCUT2D eigenvalue weighted by Gasteiger charge is -2.14. The summed E-state index contributed by atoms with van der Waals surface area (Å²) in [7, 11) is 0. The lowest BCUT2D eigenvalue weighted by molar-refractivity contribution is 0.0939. The molecule has 0 radical (unpaired) electrons. The van der Waals surface area contributed by atoms with E-state index in [1.165, 1.54) is 5.56 Å². The molecule has 0 saturated carbocycles. The van der Waals surface area contributed by atoms with Crippen LogP contribution in [-0.4, -0.2) is 31.1 Å². The molecule has 4 rings (SSSR count). The molecule has 0 saturated heterocycles. The minimum absolute atomic E-state index is 0.0687. The van der Waals surface area contributed by atoms with Gasteiger partial charge in [0.05, 0.1) is 10.9 Å². The Morgan fingerprint density at radius 1 is 1.09 bits per heavy atom. The second-order valence-corrected chi connectivity index (χ2v) is 9.99. The van der Waals surface area contributed by atoms with Crippen molar-refractivity contribution in [1.29, 1.82) is 0 Å². The van der Waals surface area contributed by atoms with Crippen molar-refractivity contribution in [3.05, 3.63) is 70.0 Å². The van der Waals surface area contributed by atoms with Gasteiger partial charge >= 0.3 is 0 Å². The predicted molar refractivity (Wildman–Crippen MR) is 137 cm³/mol. The normalized spacial score (nSPS) is 12.5. The van der Waals surface area contributed by atoms with Crippen molar-refractivity contribution in [3.8, 4) is 0 Å². The van der Waals surface area contributed by atoms with Crippen LogP contribution in [0, 0.1) is 5.92 Å². The Bertz CT molecular complexity index is 1360. The van der Waals surface area contributed by atoms with Gasteiger partial charge in [-0.25, -0.2) is 0 Å². The molecular weight excluding hydrogens is 446 g/mol. The van der Waals surface area contributed by atoms with Crippen molar-refractivity contribution >= 4 is 34.3 Å². The topological polar surface area (TPSA) is 81.3 Å². The van der Waals surface area contributed by atoms with Gasteiger partial charge in [-0.05, 0) is 49.4 Å². The fourth-order valence-electron chi connectivity index (χ4n) is 3.74. The number of aryl methyl sites for hydroxylation is 1. The van der Waals surface area contributed by atoms with Gasteiger partial charge in [0.1, 0.15) is 0 Å². The standard InChI is InChI=1S/C26H31N5O2S/c1-5-18(4)27-23(32)20-11-12-21-22(15-20)31-25(30(24(21)33)14-13-17(2)3)28-29-26(31)34-16-19-9-7-6-8-10-19/h6-12,15,17-18H,5,13-14,16H2,1-4H3,(H,27,32). The van der Waals surface area contributed by atoms with E-state index in [1.54, 1.807) is 34.5 Å². The number of thioether (sulfide) groups is 1. The molecule has 4 aromatic rings. The van der Waals surface area contributed by atoms with Crippen molar-refractivity contribution in [2.24, 2.45) is 5.92 Å². The average Bonchev–Trinajstić information content (AvgIpc) is 3.26. The number of carbonyl (C=O) groups excluding carboxylic acids is 1. The third kappa shape index (κ3) is 5.01. The van der Waals surface area contributed by atoms with Gasteiger partial charge in [-0.2, -0.15) is 0 Å². The van der Waals surface area contributed by atoms with E-state index in [9.17, 15) is 9.59 Å². The Labute approximate surface area is 203 Å². The molecule has 1 unspecified atom stereocenters. The van der Waals surface area contributed by atoms with E-state index in [2.05, 4.69) is 41.5 Å². The van der Waals surface area contributed by atoms with Crippen molar-refractivity contribution in [2.75, 3.05) is 0 Å². The Balaban J connectivity index is 1.85. The van der Waals surface area contributed by atoms with Crippen molar-refractivity contribution in [3.63, 3.8) is 0 Å². The van der Waals surface area contributed by atoms with Gasteiger partial charge in [0, 0.05) is 23.9 Å². The first kappa shape index (κ1) is 24.0. The number of nitrogens with zero attached hydrogens (tertiary/aromatic N) is 4. The molecule has 7 nitrogen and oxygen atoms in total. The largest absolute Gasteiger partial charge is 0.350 e. The second-order valence-electron chi connectivity index (χ2n) is 9.05. The zero-order chi connectivity index (χ0) is 24.2. The number of hydrogen-bond donors (Lipinski definition) is 1. The van der Waals surface area contributed by atoms with Crippen LogP contribution in [0.25, 0.3) is 16.7 Å². The van der Waals surface area contributed by atoms with Gasteiger partial charge in [0.15, 0.2) is 5.16 Å². The summed E-state index contributed by atoms with van der Waals surface area (Å²) in [6.45, 7) is 8.84. The summed E-state index contributed by atoms with van der Waals surface area (Å²) in [5.41, 5.74) is 2.23. The SMILES string of the molecule is CCC(C)NC(=O)c1ccc2c(=O)n(CCC(C)C)c3nnc(SCc4ccccc4)n3c2c1. The Morgan fingerprint density at radius 3 is 2.56 bits per heavy atom. The maximum atomic E-state index is 13.4. The third-order valence-corrected chi connectivity index (χ3v) is 6.96. The van der Waals surface area contributed by atoms with Gasteiger partial charge in [0.25, 0.3) is 11.5 Å². The number of benzene rings is 2. The molecule has 1 amide bonds. The lowest BCUT2D eigenvalue weighted by atomic mass is 10.1. The Hall–Kier alpha value is -3.13. The van der Waals surface area contributed by atoms with Crippen LogP contribution < -0.4 is 10.9 Å². The first-order chi connectivity index (χ1) is 16.4. The zero-order valence-corrected chi connectivity index (χ0v) is 20.9. The summed E-state index contributed by atoms with van der Waals surface area (Å²) in [5.74, 6) is 1.53. The molecule has 2 aromatic heterocycles. The number of fused-ring (bicyclic) bond motifs is 3. The number of carbonyl (C=O) groups is 1. The van der Waals surface area contributed by atoms with Gasteiger partial charge < -0.3 is 5.32 Å². The minimum Gasteiger partial charge on any atom is -0.350 e. The smallest absolute Gasteiger partial charge is 0.262 e. The summed E-state index contributed by atoms with van der Waals surface area (Å²) < 4.78 is 3.63. The van der Waals surface area contributed by atoms with E-state index in [1.807, 2.05) is 36.4 Å². The molecule has 1 atom stereocenters. The fraction of sp³-hybridized carbons (Fsp3) is 0.385. The van der Waals surface area contributed by atoms with Crippen LogP contribution in [0.15, 0.2) is 58.5 Å². The summed E-state index contributed by atoms with van der Waals surface area (Å²) in [6, 6.07) is 15.5. The van der Waals surface area contributed by atoms with Gasteiger partial charge in [-0.1, -0.05) is 62.9 Å². The molecule has 2 heterocycles. The molecule has 0 aliphatic heterocycles. The van der Waals surface area contributed by atoms with Crippen LogP contribution in [-0.2, 0) is 12.3 Å². The molecule has 0 aliphatic carbocycles. The van der Waals surface area contributed by atoms with Crippen LogP contribution in [0.5, 0.6) is 0 Å². The lowest BCUT2D eigenvalue weighted by Crippen LogP contribution is -2.32. The quantitative estimate of drug-likeness (QED) is 0.346. The van der Waals surface area contributed by atoms with Crippen molar-refractivity contribution in [1.82, 2.24) is 24.5 Å². The van der Waals surface area contributed by atoms with Crippen LogP contribution in [0.1, 0.15) is 56.5 Å². The summed E-state index contributed by atoms with van der Waals surface area (Å²) in [5, 5.41) is 13.1. The molecule has 8 heteroatoms. The number of amides is 1. The molecular formula is C26H31N5O2S. The Kier molecular flexibility index (Phi) is 7.36. The number of hydrogen-bond acceptors (Lipinski definition) is 5. The highest BCUT2D eigenvalue weighted by atomic mass is 32.2. The van der Waals surface area contributed by atoms with E-state index in [0.717, 1.165) is 18.6 Å². The molecule has 178 valence electrons. The summed E-state index contributed by atoms with van der Waals surface area (Å²) in [4.78, 5) is 26.2. The molecule has 0 spiro atoms. The predicted octanol–water partition coefficient (Wildman–Crippen LogP) is 4.91. The highest BCUT2D eigenvalue weighted by Crippen LogP contribution is 2.25. The second kappa shape index (κ2) is 10.4. The minimum atomic E-state index is -0.153. The van der Waals surface area contributed by atoms with E-state index in [0.29, 0.717) is 39.9 Å². The number of rotatable bonds is 9. The summed E-state index contributed by atoms with van der Waals surface area (Å²) in [6.07, 6.45) is 1.70.